The lowest BCUT2D eigenvalue weighted by Gasteiger charge is -2.31. The highest BCUT2D eigenvalue weighted by Crippen LogP contribution is 2.43. The van der Waals surface area contributed by atoms with Gasteiger partial charge in [0.15, 0.2) is 0 Å². The standard InChI is InChI=1S/C24H33N3O2/c28-24(26-13-15-29-16-14-26)27-17-21-7-8-22(23(21)18-27)20-5-3-19(4-6-20)9-12-25-10-1-2-11-25/h3-6,8,21,23H,1-2,7,9-18H2/t21-,23+/m1/s1. The molecule has 0 aromatic heterocycles. The predicted octanol–water partition coefficient (Wildman–Crippen LogP) is 3.11. The SMILES string of the molecule is O=C(N1CCOCC1)N1C[C@H]2CC=C(c3ccc(CCN4CCCC4)cc3)[C@H]2C1. The number of carbonyl (C=O) groups excluding carboxylic acids is 1. The lowest BCUT2D eigenvalue weighted by Crippen LogP contribution is -2.47. The average molecular weight is 396 g/mol. The summed E-state index contributed by atoms with van der Waals surface area (Å²) in [5, 5.41) is 0. The Bertz CT molecular complexity index is 748. The fourth-order valence-corrected chi connectivity index (χ4v) is 5.49. The molecule has 5 heteroatoms. The first kappa shape index (κ1) is 19.1. The summed E-state index contributed by atoms with van der Waals surface area (Å²) >= 11 is 0. The molecule has 0 N–H and O–H groups in total. The van der Waals surface area contributed by atoms with Crippen LogP contribution < -0.4 is 0 Å². The van der Waals surface area contributed by atoms with Crippen LogP contribution in [0, 0.1) is 11.8 Å². The van der Waals surface area contributed by atoms with Crippen LogP contribution in [0.1, 0.15) is 30.4 Å². The van der Waals surface area contributed by atoms with Crippen LogP contribution in [-0.4, -0.2) is 79.8 Å². The van der Waals surface area contributed by atoms with E-state index in [0.717, 1.165) is 39.0 Å². The average Bonchev–Trinajstić information content (AvgIpc) is 3.50. The summed E-state index contributed by atoms with van der Waals surface area (Å²) in [4.78, 5) is 19.5. The third-order valence-electron chi connectivity index (χ3n) is 7.24. The summed E-state index contributed by atoms with van der Waals surface area (Å²) in [5.41, 5.74) is 4.24. The zero-order valence-electron chi connectivity index (χ0n) is 17.4. The molecule has 5 nitrogen and oxygen atoms in total. The topological polar surface area (TPSA) is 36.0 Å². The number of hydrogen-bond donors (Lipinski definition) is 0. The van der Waals surface area contributed by atoms with Crippen LogP contribution >= 0.6 is 0 Å². The third-order valence-corrected chi connectivity index (χ3v) is 7.24. The minimum atomic E-state index is 0.208. The second-order valence-electron chi connectivity index (χ2n) is 9.04. The zero-order valence-corrected chi connectivity index (χ0v) is 17.4. The normalized spacial score (nSPS) is 27.4. The number of nitrogens with zero attached hydrogens (tertiary/aromatic N) is 3. The molecule has 0 unspecified atom stereocenters. The van der Waals surface area contributed by atoms with Gasteiger partial charge in [0.05, 0.1) is 13.2 Å². The molecule has 5 rings (SSSR count). The first-order chi connectivity index (χ1) is 14.3. The number of fused-ring (bicyclic) bond motifs is 1. The summed E-state index contributed by atoms with van der Waals surface area (Å²) in [7, 11) is 0. The van der Waals surface area contributed by atoms with Crippen molar-refractivity contribution in [1.29, 1.82) is 0 Å². The second kappa shape index (κ2) is 8.49. The number of morpholine rings is 1. The Labute approximate surface area is 174 Å². The van der Waals surface area contributed by atoms with Crippen molar-refractivity contribution in [3.8, 4) is 0 Å². The van der Waals surface area contributed by atoms with Crippen molar-refractivity contribution >= 4 is 11.6 Å². The zero-order chi connectivity index (χ0) is 19.6. The maximum Gasteiger partial charge on any atom is 0.320 e. The molecule has 0 saturated carbocycles. The Morgan fingerprint density at radius 2 is 1.72 bits per heavy atom. The van der Waals surface area contributed by atoms with Crippen LogP contribution in [0.2, 0.25) is 0 Å². The van der Waals surface area contributed by atoms with Gasteiger partial charge in [0.1, 0.15) is 0 Å². The van der Waals surface area contributed by atoms with Crippen molar-refractivity contribution in [2.75, 3.05) is 59.0 Å². The molecule has 156 valence electrons. The highest BCUT2D eigenvalue weighted by atomic mass is 16.5. The summed E-state index contributed by atoms with van der Waals surface area (Å²) < 4.78 is 5.39. The molecule has 0 bridgehead atoms. The van der Waals surface area contributed by atoms with Gasteiger partial charge in [0.2, 0.25) is 0 Å². The van der Waals surface area contributed by atoms with Crippen molar-refractivity contribution in [2.24, 2.45) is 11.8 Å². The van der Waals surface area contributed by atoms with E-state index in [2.05, 4.69) is 40.1 Å². The van der Waals surface area contributed by atoms with Gasteiger partial charge in [-0.2, -0.15) is 0 Å². The van der Waals surface area contributed by atoms with E-state index >= 15 is 0 Å². The minimum absolute atomic E-state index is 0.208. The molecule has 1 aliphatic carbocycles. The fourth-order valence-electron chi connectivity index (χ4n) is 5.49. The molecule has 1 aromatic rings. The lowest BCUT2D eigenvalue weighted by atomic mass is 9.90. The molecule has 2 amide bonds. The van der Waals surface area contributed by atoms with Gasteiger partial charge >= 0.3 is 6.03 Å². The number of rotatable bonds is 4. The van der Waals surface area contributed by atoms with E-state index in [1.807, 2.05) is 4.90 Å². The molecule has 3 saturated heterocycles. The Balaban J connectivity index is 1.19. The van der Waals surface area contributed by atoms with Crippen LogP contribution in [0.3, 0.4) is 0 Å². The maximum atomic E-state index is 12.9. The monoisotopic (exact) mass is 395 g/mol. The third kappa shape index (κ3) is 4.08. The van der Waals surface area contributed by atoms with Gasteiger partial charge in [-0.25, -0.2) is 4.79 Å². The molecule has 3 aliphatic heterocycles. The van der Waals surface area contributed by atoms with Crippen molar-refractivity contribution in [3.05, 3.63) is 41.5 Å². The van der Waals surface area contributed by atoms with E-state index in [1.54, 1.807) is 0 Å². The number of allylic oxidation sites excluding steroid dienone is 1. The number of benzene rings is 1. The highest BCUT2D eigenvalue weighted by Gasteiger charge is 2.41. The molecular formula is C24H33N3O2. The van der Waals surface area contributed by atoms with Crippen molar-refractivity contribution in [2.45, 2.75) is 25.7 Å². The summed E-state index contributed by atoms with van der Waals surface area (Å²) in [6.07, 6.45) is 7.39. The summed E-state index contributed by atoms with van der Waals surface area (Å²) in [6.45, 7) is 8.28. The quantitative estimate of drug-likeness (QED) is 0.786. The smallest absolute Gasteiger partial charge is 0.320 e. The molecule has 29 heavy (non-hydrogen) atoms. The summed E-state index contributed by atoms with van der Waals surface area (Å²) in [5.74, 6) is 1.08. The van der Waals surface area contributed by atoms with E-state index in [4.69, 9.17) is 4.74 Å². The molecule has 3 fully saturated rings. The first-order valence-electron chi connectivity index (χ1n) is 11.4. The molecule has 4 aliphatic rings. The second-order valence-corrected chi connectivity index (χ2v) is 9.04. The highest BCUT2D eigenvalue weighted by molar-refractivity contribution is 5.77. The predicted molar refractivity (Wildman–Crippen MR) is 115 cm³/mol. The molecule has 2 atom stereocenters. The number of ether oxygens (including phenoxy) is 1. The number of urea groups is 1. The van der Waals surface area contributed by atoms with Crippen molar-refractivity contribution in [3.63, 3.8) is 0 Å². The van der Waals surface area contributed by atoms with E-state index in [-0.39, 0.29) is 6.03 Å². The fraction of sp³-hybridized carbons (Fsp3) is 0.625. The van der Waals surface area contributed by atoms with Crippen molar-refractivity contribution < 1.29 is 9.53 Å². The van der Waals surface area contributed by atoms with Crippen LogP contribution in [-0.2, 0) is 11.2 Å². The number of amides is 2. The van der Waals surface area contributed by atoms with Crippen LogP contribution in [0.25, 0.3) is 5.57 Å². The van der Waals surface area contributed by atoms with E-state index < -0.39 is 0 Å². The van der Waals surface area contributed by atoms with Crippen molar-refractivity contribution in [1.82, 2.24) is 14.7 Å². The number of carbonyl (C=O) groups is 1. The van der Waals surface area contributed by atoms with E-state index in [1.165, 1.54) is 49.2 Å². The Hall–Kier alpha value is -1.85. The van der Waals surface area contributed by atoms with Crippen LogP contribution in [0.15, 0.2) is 30.3 Å². The van der Waals surface area contributed by atoms with Gasteiger partial charge in [0, 0.05) is 38.6 Å². The Morgan fingerprint density at radius 3 is 2.48 bits per heavy atom. The Kier molecular flexibility index (Phi) is 5.60. The summed E-state index contributed by atoms with van der Waals surface area (Å²) in [6, 6.07) is 9.44. The molecule has 1 aromatic carbocycles. The first-order valence-corrected chi connectivity index (χ1v) is 11.4. The molecule has 0 radical (unpaired) electrons. The van der Waals surface area contributed by atoms with Crippen LogP contribution in [0.5, 0.6) is 0 Å². The van der Waals surface area contributed by atoms with Gasteiger partial charge in [-0.3, -0.25) is 0 Å². The van der Waals surface area contributed by atoms with Gasteiger partial charge in [-0.05, 0) is 61.4 Å². The maximum absolute atomic E-state index is 12.9. The largest absolute Gasteiger partial charge is 0.378 e. The lowest BCUT2D eigenvalue weighted by molar-refractivity contribution is 0.0448. The van der Waals surface area contributed by atoms with Gasteiger partial charge in [-0.15, -0.1) is 0 Å². The van der Waals surface area contributed by atoms with Gasteiger partial charge in [-0.1, -0.05) is 30.3 Å². The van der Waals surface area contributed by atoms with E-state index in [0.29, 0.717) is 25.0 Å². The number of likely N-dealkylation sites (tertiary alicyclic amines) is 2. The van der Waals surface area contributed by atoms with Crippen LogP contribution in [0.4, 0.5) is 4.79 Å². The molecular weight excluding hydrogens is 362 g/mol. The van der Waals surface area contributed by atoms with Gasteiger partial charge < -0.3 is 19.4 Å². The van der Waals surface area contributed by atoms with E-state index in [9.17, 15) is 4.79 Å². The van der Waals surface area contributed by atoms with Gasteiger partial charge in [0.25, 0.3) is 0 Å². The molecule has 3 heterocycles. The number of hydrogen-bond acceptors (Lipinski definition) is 3. The minimum Gasteiger partial charge on any atom is -0.378 e. The Morgan fingerprint density at radius 1 is 0.966 bits per heavy atom. The molecule has 0 spiro atoms.